The van der Waals surface area contributed by atoms with Crippen LogP contribution in [0.1, 0.15) is 30.9 Å². The Kier molecular flexibility index (Phi) is 3.86. The van der Waals surface area contributed by atoms with Crippen LogP contribution in [0, 0.1) is 0 Å². The molecule has 90 valence electrons. The van der Waals surface area contributed by atoms with Crippen molar-refractivity contribution in [3.05, 3.63) is 29.3 Å². The summed E-state index contributed by atoms with van der Waals surface area (Å²) in [5.74, 6) is -3.01. The Labute approximate surface area is 93.9 Å². The number of ether oxygens (including phenoxy) is 1. The molecular weight excluding hydrogens is 214 g/mol. The first-order valence-electron chi connectivity index (χ1n) is 5.07. The number of aliphatic hydroxyl groups excluding tert-OH is 1. The molecule has 1 atom stereocenters. The predicted octanol–water partition coefficient (Wildman–Crippen LogP) is 2.90. The van der Waals surface area contributed by atoms with Crippen LogP contribution in [0.3, 0.4) is 0 Å². The highest BCUT2D eigenvalue weighted by molar-refractivity contribution is 5.45. The van der Waals surface area contributed by atoms with E-state index in [0.717, 1.165) is 6.92 Å². The van der Waals surface area contributed by atoms with Crippen LogP contribution in [0.25, 0.3) is 0 Å². The van der Waals surface area contributed by atoms with Crippen molar-refractivity contribution in [1.29, 1.82) is 0 Å². The molecule has 1 rings (SSSR count). The van der Waals surface area contributed by atoms with Gasteiger partial charge in [0.1, 0.15) is 5.75 Å². The fourth-order valence-electron chi connectivity index (χ4n) is 1.61. The minimum Gasteiger partial charge on any atom is -0.496 e. The molecule has 1 N–H and O–H groups in total. The van der Waals surface area contributed by atoms with Gasteiger partial charge in [-0.05, 0) is 11.6 Å². The SMILES string of the molecule is COc1c(C(C)CO)cccc1C(C)(F)F. The van der Waals surface area contributed by atoms with Crippen molar-refractivity contribution in [3.63, 3.8) is 0 Å². The highest BCUT2D eigenvalue weighted by Gasteiger charge is 2.30. The third kappa shape index (κ3) is 2.50. The smallest absolute Gasteiger partial charge is 0.274 e. The van der Waals surface area contributed by atoms with Gasteiger partial charge in [-0.25, -0.2) is 8.78 Å². The zero-order valence-electron chi connectivity index (χ0n) is 9.63. The lowest BCUT2D eigenvalue weighted by Crippen LogP contribution is -2.12. The van der Waals surface area contributed by atoms with Gasteiger partial charge >= 0.3 is 0 Å². The molecule has 0 radical (unpaired) electrons. The maximum absolute atomic E-state index is 13.3. The Morgan fingerprint density at radius 3 is 2.50 bits per heavy atom. The summed E-state index contributed by atoms with van der Waals surface area (Å²) in [6.45, 7) is 2.49. The molecule has 1 aromatic rings. The van der Waals surface area contributed by atoms with Crippen LogP contribution in [0.2, 0.25) is 0 Å². The van der Waals surface area contributed by atoms with Crippen LogP contribution in [0.15, 0.2) is 18.2 Å². The molecule has 0 aliphatic carbocycles. The number of alkyl halides is 2. The fraction of sp³-hybridized carbons (Fsp3) is 0.500. The van der Waals surface area contributed by atoms with Crippen molar-refractivity contribution < 1.29 is 18.6 Å². The fourth-order valence-corrected chi connectivity index (χ4v) is 1.61. The summed E-state index contributed by atoms with van der Waals surface area (Å²) in [5.41, 5.74) is 0.455. The van der Waals surface area contributed by atoms with Crippen molar-refractivity contribution in [2.75, 3.05) is 13.7 Å². The van der Waals surface area contributed by atoms with Gasteiger partial charge in [-0.3, -0.25) is 0 Å². The lowest BCUT2D eigenvalue weighted by atomic mass is 9.96. The van der Waals surface area contributed by atoms with E-state index in [4.69, 9.17) is 9.84 Å². The first kappa shape index (κ1) is 12.9. The molecule has 0 saturated carbocycles. The lowest BCUT2D eigenvalue weighted by molar-refractivity contribution is 0.0148. The van der Waals surface area contributed by atoms with E-state index in [0.29, 0.717) is 5.56 Å². The maximum atomic E-state index is 13.3. The summed E-state index contributed by atoms with van der Waals surface area (Å²) in [7, 11) is 1.36. The van der Waals surface area contributed by atoms with Gasteiger partial charge in [0.25, 0.3) is 5.92 Å². The van der Waals surface area contributed by atoms with Gasteiger partial charge < -0.3 is 9.84 Å². The summed E-state index contributed by atoms with van der Waals surface area (Å²) in [5, 5.41) is 9.06. The molecule has 0 bridgehead atoms. The summed E-state index contributed by atoms with van der Waals surface area (Å²) in [6, 6.07) is 4.58. The molecule has 1 aromatic carbocycles. The number of para-hydroxylation sites is 1. The molecule has 0 aliphatic rings. The van der Waals surface area contributed by atoms with E-state index in [1.807, 2.05) is 0 Å². The lowest BCUT2D eigenvalue weighted by Gasteiger charge is -2.20. The Hall–Kier alpha value is -1.16. The van der Waals surface area contributed by atoms with Crippen molar-refractivity contribution in [2.24, 2.45) is 0 Å². The predicted molar refractivity (Wildman–Crippen MR) is 58.1 cm³/mol. The number of aliphatic hydroxyl groups is 1. The van der Waals surface area contributed by atoms with Gasteiger partial charge in [-0.2, -0.15) is 0 Å². The average Bonchev–Trinajstić information content (AvgIpc) is 2.25. The van der Waals surface area contributed by atoms with Crippen LogP contribution < -0.4 is 4.74 Å². The Bertz CT molecular complexity index is 359. The summed E-state index contributed by atoms with van der Waals surface area (Å²) in [6.07, 6.45) is 0. The van der Waals surface area contributed by atoms with Gasteiger partial charge in [-0.15, -0.1) is 0 Å². The molecule has 0 spiro atoms. The highest BCUT2D eigenvalue weighted by atomic mass is 19.3. The minimum atomic E-state index is -2.95. The zero-order chi connectivity index (χ0) is 12.3. The molecule has 0 aliphatic heterocycles. The monoisotopic (exact) mass is 230 g/mol. The van der Waals surface area contributed by atoms with Crippen molar-refractivity contribution >= 4 is 0 Å². The van der Waals surface area contributed by atoms with Crippen LogP contribution in [0.4, 0.5) is 8.78 Å². The van der Waals surface area contributed by atoms with E-state index >= 15 is 0 Å². The molecular formula is C12H16F2O2. The standard InChI is InChI=1S/C12H16F2O2/c1-8(7-15)9-5-4-6-10(11(9)16-3)12(2,13)14/h4-6,8,15H,7H2,1-3H3. The van der Waals surface area contributed by atoms with Crippen molar-refractivity contribution in [3.8, 4) is 5.75 Å². The Balaban J connectivity index is 3.32. The van der Waals surface area contributed by atoms with Gasteiger partial charge in [0.05, 0.1) is 12.7 Å². The van der Waals surface area contributed by atoms with E-state index in [1.165, 1.54) is 13.2 Å². The molecule has 0 fully saturated rings. The Morgan fingerprint density at radius 1 is 1.44 bits per heavy atom. The number of hydrogen-bond donors (Lipinski definition) is 1. The second-order valence-corrected chi connectivity index (χ2v) is 3.90. The number of benzene rings is 1. The van der Waals surface area contributed by atoms with Gasteiger partial charge in [0.2, 0.25) is 0 Å². The number of hydrogen-bond acceptors (Lipinski definition) is 2. The Morgan fingerprint density at radius 2 is 2.06 bits per heavy atom. The molecule has 2 nitrogen and oxygen atoms in total. The van der Waals surface area contributed by atoms with E-state index < -0.39 is 5.92 Å². The summed E-state index contributed by atoms with van der Waals surface area (Å²) in [4.78, 5) is 0. The summed E-state index contributed by atoms with van der Waals surface area (Å²) < 4.78 is 31.6. The van der Waals surface area contributed by atoms with Crippen molar-refractivity contribution in [2.45, 2.75) is 25.7 Å². The normalized spacial score (nSPS) is 13.6. The largest absolute Gasteiger partial charge is 0.496 e. The van der Waals surface area contributed by atoms with Gasteiger partial charge in [0, 0.05) is 19.4 Å². The zero-order valence-corrected chi connectivity index (χ0v) is 9.63. The van der Waals surface area contributed by atoms with Gasteiger partial charge in [0.15, 0.2) is 0 Å². The van der Waals surface area contributed by atoms with Crippen molar-refractivity contribution in [1.82, 2.24) is 0 Å². The first-order chi connectivity index (χ1) is 7.41. The molecule has 0 saturated heterocycles. The molecule has 16 heavy (non-hydrogen) atoms. The molecule has 0 amide bonds. The van der Waals surface area contributed by atoms with E-state index in [-0.39, 0.29) is 23.8 Å². The van der Waals surface area contributed by atoms with E-state index in [1.54, 1.807) is 19.1 Å². The van der Waals surface area contributed by atoms with E-state index in [2.05, 4.69) is 0 Å². The molecule has 0 heterocycles. The third-order valence-corrected chi connectivity index (χ3v) is 2.53. The van der Waals surface area contributed by atoms with Crippen LogP contribution in [-0.2, 0) is 5.92 Å². The van der Waals surface area contributed by atoms with Crippen LogP contribution in [-0.4, -0.2) is 18.8 Å². The van der Waals surface area contributed by atoms with Gasteiger partial charge in [-0.1, -0.05) is 19.1 Å². The molecule has 1 unspecified atom stereocenters. The van der Waals surface area contributed by atoms with Crippen LogP contribution >= 0.6 is 0 Å². The maximum Gasteiger partial charge on any atom is 0.274 e. The minimum absolute atomic E-state index is 0.102. The first-order valence-corrected chi connectivity index (χ1v) is 5.07. The number of methoxy groups -OCH3 is 1. The average molecular weight is 230 g/mol. The summed E-state index contributed by atoms with van der Waals surface area (Å²) >= 11 is 0. The molecule has 4 heteroatoms. The second-order valence-electron chi connectivity index (χ2n) is 3.90. The quantitative estimate of drug-likeness (QED) is 0.861. The molecule has 0 aromatic heterocycles. The highest BCUT2D eigenvalue weighted by Crippen LogP contribution is 2.38. The number of halogens is 2. The number of rotatable bonds is 4. The second kappa shape index (κ2) is 4.78. The van der Waals surface area contributed by atoms with E-state index in [9.17, 15) is 8.78 Å². The third-order valence-electron chi connectivity index (χ3n) is 2.53. The topological polar surface area (TPSA) is 29.5 Å². The van der Waals surface area contributed by atoms with Crippen LogP contribution in [0.5, 0.6) is 5.75 Å².